The van der Waals surface area contributed by atoms with Crippen molar-refractivity contribution < 1.29 is 4.79 Å². The van der Waals surface area contributed by atoms with Gasteiger partial charge >= 0.3 is 0 Å². The Bertz CT molecular complexity index is 615. The van der Waals surface area contributed by atoms with Gasteiger partial charge in [0.05, 0.1) is 0 Å². The average Bonchev–Trinajstić information content (AvgIpc) is 2.82. The summed E-state index contributed by atoms with van der Waals surface area (Å²) < 4.78 is 0.264. The van der Waals surface area contributed by atoms with Crippen molar-refractivity contribution in [1.82, 2.24) is 15.1 Å². The number of benzene rings is 1. The molecule has 2 rings (SSSR count). The van der Waals surface area contributed by atoms with Crippen LogP contribution in [0.5, 0.6) is 0 Å². The minimum Gasteiger partial charge on any atom is -0.330 e. The van der Waals surface area contributed by atoms with E-state index < -0.39 is 0 Å². The molecule has 0 aliphatic heterocycles. The van der Waals surface area contributed by atoms with E-state index in [0.29, 0.717) is 16.6 Å². The molecule has 0 radical (unpaired) electrons. The van der Waals surface area contributed by atoms with Crippen LogP contribution in [0.15, 0.2) is 24.3 Å². The van der Waals surface area contributed by atoms with Gasteiger partial charge in [-0.05, 0) is 43.1 Å². The zero-order valence-electron chi connectivity index (χ0n) is 11.0. The maximum absolute atomic E-state index is 12.4. The molecule has 0 unspecified atom stereocenters. The van der Waals surface area contributed by atoms with Crippen molar-refractivity contribution in [3.8, 4) is 0 Å². The molecule has 2 aromatic rings. The average molecular weight is 330 g/mol. The Labute approximate surface area is 131 Å². The van der Waals surface area contributed by atoms with Crippen LogP contribution in [0.25, 0.3) is 0 Å². The minimum atomic E-state index is -0.177. The molecule has 106 valence electrons. The van der Waals surface area contributed by atoms with Gasteiger partial charge in [-0.1, -0.05) is 35.1 Å². The number of aromatic nitrogens is 2. The molecule has 0 bridgehead atoms. The molecule has 4 nitrogen and oxygen atoms in total. The Kier molecular flexibility index (Phi) is 4.96. The second-order valence-electron chi connectivity index (χ2n) is 4.52. The smallest absolute Gasteiger partial charge is 0.285 e. The molecule has 0 atom stereocenters. The van der Waals surface area contributed by atoms with Gasteiger partial charge in [0.15, 0.2) is 0 Å². The Morgan fingerprint density at radius 3 is 2.65 bits per heavy atom. The molecule has 0 saturated heterocycles. The number of rotatable bonds is 4. The van der Waals surface area contributed by atoms with E-state index in [2.05, 4.69) is 10.2 Å². The lowest BCUT2D eigenvalue weighted by Crippen LogP contribution is -2.36. The predicted molar refractivity (Wildman–Crippen MR) is 81.4 cm³/mol. The van der Waals surface area contributed by atoms with Gasteiger partial charge in [0, 0.05) is 17.6 Å². The van der Waals surface area contributed by atoms with Crippen molar-refractivity contribution in [2.75, 3.05) is 0 Å². The van der Waals surface area contributed by atoms with E-state index in [1.807, 2.05) is 32.0 Å². The first-order valence-electron chi connectivity index (χ1n) is 6.02. The van der Waals surface area contributed by atoms with Gasteiger partial charge in [0.1, 0.15) is 0 Å². The topological polar surface area (TPSA) is 46.1 Å². The Balaban J connectivity index is 2.21. The van der Waals surface area contributed by atoms with Crippen molar-refractivity contribution in [2.24, 2.45) is 0 Å². The first kappa shape index (κ1) is 15.2. The van der Waals surface area contributed by atoms with E-state index in [-0.39, 0.29) is 16.4 Å². The highest BCUT2D eigenvalue weighted by atomic mass is 35.5. The summed E-state index contributed by atoms with van der Waals surface area (Å²) in [5.41, 5.74) is 0.968. The van der Waals surface area contributed by atoms with E-state index in [1.54, 1.807) is 11.0 Å². The summed E-state index contributed by atoms with van der Waals surface area (Å²) in [6, 6.07) is 7.47. The third-order valence-corrected chi connectivity index (χ3v) is 3.95. The molecule has 0 saturated carbocycles. The van der Waals surface area contributed by atoms with Crippen LogP contribution in [0.3, 0.4) is 0 Å². The lowest BCUT2D eigenvalue weighted by Gasteiger charge is -2.25. The fourth-order valence-corrected chi connectivity index (χ4v) is 2.73. The normalized spacial score (nSPS) is 10.8. The molecular formula is C13H13Cl2N3OS. The number of hydrogen-bond acceptors (Lipinski definition) is 4. The maximum Gasteiger partial charge on any atom is 0.285 e. The SMILES string of the molecule is CC(C)N(Cc1cccc(Cl)c1)C(=O)c1nnc(Cl)s1. The van der Waals surface area contributed by atoms with Crippen LogP contribution in [-0.2, 0) is 6.54 Å². The van der Waals surface area contributed by atoms with Gasteiger partial charge in [-0.15, -0.1) is 10.2 Å². The van der Waals surface area contributed by atoms with Crippen LogP contribution in [-0.4, -0.2) is 27.0 Å². The van der Waals surface area contributed by atoms with Crippen LogP contribution in [0, 0.1) is 0 Å². The van der Waals surface area contributed by atoms with E-state index in [4.69, 9.17) is 23.2 Å². The standard InChI is InChI=1S/C13H13Cl2N3OS/c1-8(2)18(7-9-4-3-5-10(14)6-9)12(19)11-16-17-13(15)20-11/h3-6,8H,7H2,1-2H3. The molecule has 1 heterocycles. The van der Waals surface area contributed by atoms with Gasteiger partial charge in [-0.25, -0.2) is 0 Å². The van der Waals surface area contributed by atoms with E-state index >= 15 is 0 Å². The number of carbonyl (C=O) groups excluding carboxylic acids is 1. The van der Waals surface area contributed by atoms with Crippen molar-refractivity contribution in [3.05, 3.63) is 44.3 Å². The molecule has 20 heavy (non-hydrogen) atoms. The Morgan fingerprint density at radius 2 is 2.10 bits per heavy atom. The number of halogens is 2. The largest absolute Gasteiger partial charge is 0.330 e. The zero-order chi connectivity index (χ0) is 14.7. The molecule has 1 amide bonds. The molecule has 0 N–H and O–H groups in total. The fourth-order valence-electron chi connectivity index (χ4n) is 1.74. The Morgan fingerprint density at radius 1 is 1.35 bits per heavy atom. The van der Waals surface area contributed by atoms with Gasteiger partial charge < -0.3 is 4.90 Å². The lowest BCUT2D eigenvalue weighted by molar-refractivity contribution is 0.0689. The molecular weight excluding hydrogens is 317 g/mol. The fraction of sp³-hybridized carbons (Fsp3) is 0.308. The molecule has 1 aromatic carbocycles. The van der Waals surface area contributed by atoms with Crippen LogP contribution < -0.4 is 0 Å². The van der Waals surface area contributed by atoms with Crippen molar-refractivity contribution in [3.63, 3.8) is 0 Å². The summed E-state index contributed by atoms with van der Waals surface area (Å²) in [5, 5.41) is 8.41. The van der Waals surface area contributed by atoms with Crippen molar-refractivity contribution >= 4 is 40.4 Å². The van der Waals surface area contributed by atoms with Gasteiger partial charge in [-0.2, -0.15) is 0 Å². The second kappa shape index (κ2) is 6.52. The highest BCUT2D eigenvalue weighted by molar-refractivity contribution is 7.17. The molecule has 0 fully saturated rings. The summed E-state index contributed by atoms with van der Waals surface area (Å²) in [4.78, 5) is 14.1. The lowest BCUT2D eigenvalue weighted by atomic mass is 10.2. The molecule has 0 aliphatic carbocycles. The minimum absolute atomic E-state index is 0.0316. The Hall–Kier alpha value is -1.17. The second-order valence-corrected chi connectivity index (χ2v) is 6.51. The molecule has 0 aliphatic rings. The maximum atomic E-state index is 12.4. The van der Waals surface area contributed by atoms with Crippen LogP contribution in [0.1, 0.15) is 29.2 Å². The first-order chi connectivity index (χ1) is 9.47. The van der Waals surface area contributed by atoms with Crippen LogP contribution in [0.4, 0.5) is 0 Å². The van der Waals surface area contributed by atoms with E-state index in [0.717, 1.165) is 16.9 Å². The summed E-state index contributed by atoms with van der Waals surface area (Å²) in [5.74, 6) is -0.177. The summed E-state index contributed by atoms with van der Waals surface area (Å²) in [6.07, 6.45) is 0. The summed E-state index contributed by atoms with van der Waals surface area (Å²) in [6.45, 7) is 4.37. The number of hydrogen-bond donors (Lipinski definition) is 0. The number of carbonyl (C=O) groups is 1. The third kappa shape index (κ3) is 3.69. The monoisotopic (exact) mass is 329 g/mol. The van der Waals surface area contributed by atoms with Crippen LogP contribution >= 0.6 is 34.5 Å². The first-order valence-corrected chi connectivity index (χ1v) is 7.59. The molecule has 1 aromatic heterocycles. The van der Waals surface area contributed by atoms with E-state index in [1.165, 1.54) is 0 Å². The molecule has 0 spiro atoms. The quantitative estimate of drug-likeness (QED) is 0.854. The van der Waals surface area contributed by atoms with Gasteiger partial charge in [0.25, 0.3) is 5.91 Å². The highest BCUT2D eigenvalue weighted by Gasteiger charge is 2.22. The third-order valence-electron chi connectivity index (χ3n) is 2.71. The summed E-state index contributed by atoms with van der Waals surface area (Å²) >= 11 is 12.8. The van der Waals surface area contributed by atoms with Crippen molar-refractivity contribution in [2.45, 2.75) is 26.4 Å². The van der Waals surface area contributed by atoms with Gasteiger partial charge in [-0.3, -0.25) is 4.79 Å². The highest BCUT2D eigenvalue weighted by Crippen LogP contribution is 2.20. The zero-order valence-corrected chi connectivity index (χ0v) is 13.3. The van der Waals surface area contributed by atoms with Crippen molar-refractivity contribution in [1.29, 1.82) is 0 Å². The number of amides is 1. The van der Waals surface area contributed by atoms with E-state index in [9.17, 15) is 4.79 Å². The number of nitrogens with zero attached hydrogens (tertiary/aromatic N) is 3. The predicted octanol–water partition coefficient (Wildman–Crippen LogP) is 3.90. The van der Waals surface area contributed by atoms with Crippen LogP contribution in [0.2, 0.25) is 9.49 Å². The molecule has 7 heteroatoms. The summed E-state index contributed by atoms with van der Waals surface area (Å²) in [7, 11) is 0. The van der Waals surface area contributed by atoms with Gasteiger partial charge in [0.2, 0.25) is 9.47 Å².